The number of ether oxygens (including phenoxy) is 2. The third kappa shape index (κ3) is 6.18. The van der Waals surface area contributed by atoms with E-state index in [1.807, 2.05) is 0 Å². The van der Waals surface area contributed by atoms with Crippen LogP contribution < -0.4 is 15.8 Å². The Morgan fingerprint density at radius 3 is 2.67 bits per heavy atom. The minimum atomic E-state index is -4.74. The Labute approximate surface area is 144 Å². The summed E-state index contributed by atoms with van der Waals surface area (Å²) in [6, 6.07) is 5.86. The summed E-state index contributed by atoms with van der Waals surface area (Å²) in [4.78, 5) is 11.9. The molecule has 0 aromatic heterocycles. The third-order valence-electron chi connectivity index (χ3n) is 3.55. The maximum absolute atomic E-state index is 12.3. The third-order valence-corrected chi connectivity index (χ3v) is 3.55. The zero-order valence-corrected chi connectivity index (χ0v) is 13.7. The van der Waals surface area contributed by atoms with E-state index in [-0.39, 0.29) is 43.1 Å². The molecular formula is C15H20ClF3N2O3. The molecule has 9 heteroatoms. The van der Waals surface area contributed by atoms with E-state index in [1.54, 1.807) is 6.07 Å². The van der Waals surface area contributed by atoms with Gasteiger partial charge in [-0.2, -0.15) is 0 Å². The fraction of sp³-hybridized carbons (Fsp3) is 0.533. The van der Waals surface area contributed by atoms with Crippen LogP contribution in [0.25, 0.3) is 0 Å². The van der Waals surface area contributed by atoms with Gasteiger partial charge in [-0.25, -0.2) is 0 Å². The number of carbonyl (C=O) groups is 1. The molecule has 136 valence electrons. The number of rotatable bonds is 6. The lowest BCUT2D eigenvalue weighted by Gasteiger charge is -2.15. The predicted octanol–water partition coefficient (Wildman–Crippen LogP) is 2.17. The highest BCUT2D eigenvalue weighted by atomic mass is 35.5. The van der Waals surface area contributed by atoms with Crippen molar-refractivity contribution in [2.75, 3.05) is 13.1 Å². The first-order valence-corrected chi connectivity index (χ1v) is 7.36. The fourth-order valence-corrected chi connectivity index (χ4v) is 2.44. The predicted molar refractivity (Wildman–Crippen MR) is 84.0 cm³/mol. The topological polar surface area (TPSA) is 73.6 Å². The lowest BCUT2D eigenvalue weighted by Crippen LogP contribution is -2.36. The van der Waals surface area contributed by atoms with E-state index in [0.29, 0.717) is 18.5 Å². The minimum absolute atomic E-state index is 0. The SMILES string of the molecule is Cl.NC[C@H]1CC[C@@H](C(=O)NCCc2ccccc2OC(F)(F)F)O1. The Kier molecular flexibility index (Phi) is 7.78. The van der Waals surface area contributed by atoms with Gasteiger partial charge in [-0.15, -0.1) is 25.6 Å². The molecule has 1 aliphatic rings. The molecule has 1 aliphatic heterocycles. The number of alkyl halides is 3. The van der Waals surface area contributed by atoms with E-state index in [1.165, 1.54) is 18.2 Å². The van der Waals surface area contributed by atoms with Crippen LogP contribution in [0.5, 0.6) is 5.75 Å². The number of benzene rings is 1. The molecule has 0 bridgehead atoms. The van der Waals surface area contributed by atoms with Gasteiger partial charge in [0, 0.05) is 13.1 Å². The lowest BCUT2D eigenvalue weighted by molar-refractivity contribution is -0.274. The number of para-hydroxylation sites is 1. The number of nitrogens with one attached hydrogen (secondary N) is 1. The van der Waals surface area contributed by atoms with Crippen molar-refractivity contribution in [3.05, 3.63) is 29.8 Å². The number of nitrogens with two attached hydrogens (primary N) is 1. The second-order valence-corrected chi connectivity index (χ2v) is 5.26. The van der Waals surface area contributed by atoms with Crippen molar-refractivity contribution < 1.29 is 27.4 Å². The average molecular weight is 369 g/mol. The first-order chi connectivity index (χ1) is 10.9. The zero-order valence-electron chi connectivity index (χ0n) is 12.8. The van der Waals surface area contributed by atoms with Gasteiger partial charge in [-0.3, -0.25) is 4.79 Å². The number of amides is 1. The number of carbonyl (C=O) groups excluding carboxylic acids is 1. The molecule has 0 unspecified atom stereocenters. The standard InChI is InChI=1S/C15H19F3N2O3.ClH/c16-15(17,18)23-12-4-2-1-3-10(12)7-8-20-14(21)13-6-5-11(9-19)22-13;/h1-4,11,13H,5-9,19H2,(H,20,21);1H/t11-,13+;/m1./s1. The summed E-state index contributed by atoms with van der Waals surface area (Å²) in [6.45, 7) is 0.566. The summed E-state index contributed by atoms with van der Waals surface area (Å²) < 4.78 is 46.4. The van der Waals surface area contributed by atoms with Crippen LogP contribution in [0.4, 0.5) is 13.2 Å². The maximum atomic E-state index is 12.3. The monoisotopic (exact) mass is 368 g/mol. The molecule has 0 saturated carbocycles. The Hall–Kier alpha value is -1.51. The van der Waals surface area contributed by atoms with Gasteiger partial charge in [0.1, 0.15) is 11.9 Å². The second-order valence-electron chi connectivity index (χ2n) is 5.26. The van der Waals surface area contributed by atoms with Gasteiger partial charge < -0.3 is 20.5 Å². The largest absolute Gasteiger partial charge is 0.573 e. The summed E-state index contributed by atoms with van der Waals surface area (Å²) in [5.41, 5.74) is 5.85. The van der Waals surface area contributed by atoms with Crippen LogP contribution in [-0.2, 0) is 16.0 Å². The van der Waals surface area contributed by atoms with Gasteiger partial charge in [0.2, 0.25) is 5.91 Å². The fourth-order valence-electron chi connectivity index (χ4n) is 2.44. The summed E-state index contributed by atoms with van der Waals surface area (Å²) in [5.74, 6) is -0.523. The highest BCUT2D eigenvalue weighted by Gasteiger charge is 2.32. The van der Waals surface area contributed by atoms with E-state index in [9.17, 15) is 18.0 Å². The van der Waals surface area contributed by atoms with Crippen molar-refractivity contribution in [1.82, 2.24) is 5.32 Å². The molecular weight excluding hydrogens is 349 g/mol. The summed E-state index contributed by atoms with van der Waals surface area (Å²) in [6.07, 6.45) is -3.82. The van der Waals surface area contributed by atoms with Crippen LogP contribution in [-0.4, -0.2) is 37.6 Å². The van der Waals surface area contributed by atoms with E-state index >= 15 is 0 Å². The van der Waals surface area contributed by atoms with Gasteiger partial charge in [-0.1, -0.05) is 18.2 Å². The molecule has 2 atom stereocenters. The normalized spacial score (nSPS) is 20.3. The first kappa shape index (κ1) is 20.5. The Morgan fingerprint density at radius 2 is 2.04 bits per heavy atom. The molecule has 1 saturated heterocycles. The first-order valence-electron chi connectivity index (χ1n) is 7.36. The highest BCUT2D eigenvalue weighted by molar-refractivity contribution is 5.85. The second kappa shape index (κ2) is 9.10. The molecule has 24 heavy (non-hydrogen) atoms. The molecule has 1 aromatic carbocycles. The molecule has 2 rings (SSSR count). The van der Waals surface area contributed by atoms with Gasteiger partial charge in [-0.05, 0) is 30.9 Å². The van der Waals surface area contributed by atoms with Crippen LogP contribution in [0.1, 0.15) is 18.4 Å². The van der Waals surface area contributed by atoms with Crippen molar-refractivity contribution in [3.8, 4) is 5.75 Å². The summed E-state index contributed by atoms with van der Waals surface area (Å²) in [7, 11) is 0. The molecule has 5 nitrogen and oxygen atoms in total. The van der Waals surface area contributed by atoms with Crippen LogP contribution in [0.3, 0.4) is 0 Å². The van der Waals surface area contributed by atoms with Crippen LogP contribution >= 0.6 is 12.4 Å². The molecule has 0 aliphatic carbocycles. The van der Waals surface area contributed by atoms with E-state index in [0.717, 1.165) is 6.42 Å². The Bertz CT molecular complexity index is 543. The quantitative estimate of drug-likeness (QED) is 0.807. The maximum Gasteiger partial charge on any atom is 0.573 e. The summed E-state index contributed by atoms with van der Waals surface area (Å²) in [5, 5.41) is 2.67. The van der Waals surface area contributed by atoms with Crippen molar-refractivity contribution in [3.63, 3.8) is 0 Å². The minimum Gasteiger partial charge on any atom is -0.406 e. The van der Waals surface area contributed by atoms with Crippen molar-refractivity contribution in [2.45, 2.75) is 37.8 Å². The lowest BCUT2D eigenvalue weighted by atomic mass is 10.1. The number of halogens is 4. The molecule has 0 spiro atoms. The zero-order chi connectivity index (χ0) is 16.9. The number of hydrogen-bond acceptors (Lipinski definition) is 4. The molecule has 0 radical (unpaired) electrons. The Morgan fingerprint density at radius 1 is 1.33 bits per heavy atom. The van der Waals surface area contributed by atoms with Gasteiger partial charge in [0.15, 0.2) is 0 Å². The van der Waals surface area contributed by atoms with Gasteiger partial charge >= 0.3 is 6.36 Å². The van der Waals surface area contributed by atoms with E-state index in [4.69, 9.17) is 10.5 Å². The van der Waals surface area contributed by atoms with Crippen molar-refractivity contribution in [1.29, 1.82) is 0 Å². The van der Waals surface area contributed by atoms with Crippen molar-refractivity contribution in [2.24, 2.45) is 5.73 Å². The molecule has 3 N–H and O–H groups in total. The molecule has 1 aromatic rings. The number of hydrogen-bond donors (Lipinski definition) is 2. The van der Waals surface area contributed by atoms with E-state index in [2.05, 4.69) is 10.1 Å². The Balaban J connectivity index is 0.00000288. The summed E-state index contributed by atoms with van der Waals surface area (Å²) >= 11 is 0. The van der Waals surface area contributed by atoms with E-state index < -0.39 is 12.5 Å². The molecule has 1 fully saturated rings. The highest BCUT2D eigenvalue weighted by Crippen LogP contribution is 2.26. The van der Waals surface area contributed by atoms with Crippen LogP contribution in [0.2, 0.25) is 0 Å². The van der Waals surface area contributed by atoms with Gasteiger partial charge in [0.05, 0.1) is 6.10 Å². The average Bonchev–Trinajstić information content (AvgIpc) is 2.96. The molecule has 1 heterocycles. The van der Waals surface area contributed by atoms with Crippen LogP contribution in [0.15, 0.2) is 24.3 Å². The van der Waals surface area contributed by atoms with Crippen molar-refractivity contribution >= 4 is 18.3 Å². The van der Waals surface area contributed by atoms with Gasteiger partial charge in [0.25, 0.3) is 0 Å². The molecule has 1 amide bonds. The van der Waals surface area contributed by atoms with Crippen LogP contribution in [0, 0.1) is 0 Å². The smallest absolute Gasteiger partial charge is 0.406 e.